The van der Waals surface area contributed by atoms with Crippen molar-refractivity contribution in [3.63, 3.8) is 0 Å². The number of ether oxygens (including phenoxy) is 1. The Kier molecular flexibility index (Phi) is 5.00. The monoisotopic (exact) mass is 480 g/mol. The van der Waals surface area contributed by atoms with Crippen molar-refractivity contribution in [1.82, 2.24) is 14.5 Å². The fraction of sp³-hybridized carbons (Fsp3) is 0.0625. The van der Waals surface area contributed by atoms with E-state index in [0.29, 0.717) is 6.61 Å². The van der Waals surface area contributed by atoms with Crippen molar-refractivity contribution in [3.8, 4) is 28.4 Å². The number of pyridine rings is 1. The second-order valence-corrected chi connectivity index (χ2v) is 9.18. The zero-order valence-electron chi connectivity index (χ0n) is 20.4. The molecule has 0 aliphatic carbocycles. The van der Waals surface area contributed by atoms with Crippen LogP contribution in [0.4, 0.5) is 17.1 Å². The molecule has 1 aliphatic heterocycles. The Labute approximate surface area is 215 Å². The third-order valence-electron chi connectivity index (χ3n) is 6.93. The van der Waals surface area contributed by atoms with Gasteiger partial charge in [0.25, 0.3) is 0 Å². The quantitative estimate of drug-likeness (QED) is 0.261. The number of aryl methyl sites for hydroxylation is 1. The van der Waals surface area contributed by atoms with Crippen molar-refractivity contribution in [2.75, 3.05) is 4.90 Å². The van der Waals surface area contributed by atoms with E-state index in [9.17, 15) is 0 Å². The van der Waals surface area contributed by atoms with Gasteiger partial charge in [0.2, 0.25) is 0 Å². The number of hydrogen-bond acceptors (Lipinski definition) is 4. The zero-order valence-corrected chi connectivity index (χ0v) is 20.4. The molecule has 0 fully saturated rings. The van der Waals surface area contributed by atoms with Gasteiger partial charge in [-0.2, -0.15) is 0 Å². The molecule has 5 heteroatoms. The van der Waals surface area contributed by atoms with Crippen LogP contribution in [0.25, 0.3) is 33.7 Å². The normalized spacial score (nSPS) is 12.5. The Morgan fingerprint density at radius 3 is 2.49 bits per heavy atom. The first-order valence-corrected chi connectivity index (χ1v) is 12.3. The molecule has 6 aromatic rings. The highest BCUT2D eigenvalue weighted by atomic mass is 16.5. The van der Waals surface area contributed by atoms with Crippen LogP contribution in [-0.2, 0) is 13.7 Å². The minimum absolute atomic E-state index is 0.505. The highest BCUT2D eigenvalue weighted by Crippen LogP contribution is 2.46. The largest absolute Gasteiger partial charge is 0.487 e. The molecule has 1 aliphatic rings. The summed E-state index contributed by atoms with van der Waals surface area (Å²) in [4.78, 5) is 11.8. The molecule has 0 unspecified atom stereocenters. The van der Waals surface area contributed by atoms with Gasteiger partial charge in [-0.25, -0.2) is 4.98 Å². The summed E-state index contributed by atoms with van der Waals surface area (Å²) in [5.74, 6) is 1.76. The molecule has 37 heavy (non-hydrogen) atoms. The average molecular weight is 481 g/mol. The van der Waals surface area contributed by atoms with E-state index in [4.69, 9.17) is 9.72 Å². The van der Waals surface area contributed by atoms with Crippen molar-refractivity contribution in [2.24, 2.45) is 7.05 Å². The fourth-order valence-electron chi connectivity index (χ4n) is 5.11. The van der Waals surface area contributed by atoms with E-state index < -0.39 is 0 Å². The molecule has 0 radical (unpaired) electrons. The molecule has 4 aromatic carbocycles. The van der Waals surface area contributed by atoms with Crippen molar-refractivity contribution < 1.29 is 4.74 Å². The van der Waals surface area contributed by atoms with Crippen LogP contribution in [0.5, 0.6) is 5.75 Å². The third-order valence-corrected chi connectivity index (χ3v) is 6.93. The molecular formula is C32H24N4O. The predicted octanol–water partition coefficient (Wildman–Crippen LogP) is 7.66. The first kappa shape index (κ1) is 21.4. The lowest BCUT2D eigenvalue weighted by atomic mass is 10.1. The van der Waals surface area contributed by atoms with Crippen molar-refractivity contribution in [3.05, 3.63) is 121 Å². The molecule has 5 nitrogen and oxygen atoms in total. The maximum atomic E-state index is 6.34. The van der Waals surface area contributed by atoms with Gasteiger partial charge in [-0.3, -0.25) is 4.98 Å². The molecule has 178 valence electrons. The summed E-state index contributed by atoms with van der Waals surface area (Å²) in [6.45, 7) is 0.505. The highest BCUT2D eigenvalue weighted by molar-refractivity contribution is 5.87. The summed E-state index contributed by atoms with van der Waals surface area (Å²) in [5.41, 5.74) is 9.38. The van der Waals surface area contributed by atoms with Crippen LogP contribution in [0.15, 0.2) is 115 Å². The van der Waals surface area contributed by atoms with Crippen LogP contribution in [0.1, 0.15) is 5.56 Å². The van der Waals surface area contributed by atoms with Gasteiger partial charge in [0.15, 0.2) is 0 Å². The Balaban J connectivity index is 1.43. The van der Waals surface area contributed by atoms with Gasteiger partial charge in [0.1, 0.15) is 18.2 Å². The summed E-state index contributed by atoms with van der Waals surface area (Å²) < 4.78 is 8.49. The number of imidazole rings is 1. The van der Waals surface area contributed by atoms with E-state index in [1.807, 2.05) is 36.5 Å². The molecule has 0 bridgehead atoms. The Morgan fingerprint density at radius 1 is 0.730 bits per heavy atom. The van der Waals surface area contributed by atoms with Gasteiger partial charge in [-0.05, 0) is 60.7 Å². The van der Waals surface area contributed by atoms with Crippen molar-refractivity contribution in [2.45, 2.75) is 6.61 Å². The van der Waals surface area contributed by atoms with Gasteiger partial charge in [0.05, 0.1) is 28.1 Å². The minimum Gasteiger partial charge on any atom is -0.487 e. The molecule has 0 atom stereocenters. The fourth-order valence-corrected chi connectivity index (χ4v) is 5.11. The summed E-state index contributed by atoms with van der Waals surface area (Å²) >= 11 is 0. The molecule has 0 N–H and O–H groups in total. The summed E-state index contributed by atoms with van der Waals surface area (Å²) in [7, 11) is 2.07. The number of anilines is 3. The van der Waals surface area contributed by atoms with E-state index in [0.717, 1.165) is 62.1 Å². The first-order valence-electron chi connectivity index (χ1n) is 12.3. The number of nitrogens with zero attached hydrogens (tertiary/aromatic N) is 4. The lowest BCUT2D eigenvalue weighted by molar-refractivity contribution is 0.310. The van der Waals surface area contributed by atoms with E-state index in [1.54, 1.807) is 0 Å². The molecule has 0 saturated carbocycles. The second kappa shape index (κ2) is 8.64. The Hall–Kier alpha value is -4.90. The van der Waals surface area contributed by atoms with Crippen LogP contribution in [0.2, 0.25) is 0 Å². The number of para-hydroxylation sites is 3. The summed E-state index contributed by atoms with van der Waals surface area (Å²) in [6.07, 6.45) is 1.83. The summed E-state index contributed by atoms with van der Waals surface area (Å²) in [6, 6.07) is 37.5. The highest BCUT2D eigenvalue weighted by Gasteiger charge is 2.25. The van der Waals surface area contributed by atoms with Crippen molar-refractivity contribution >= 4 is 28.1 Å². The smallest absolute Gasteiger partial charge is 0.143 e. The Bertz CT molecular complexity index is 1760. The maximum absolute atomic E-state index is 6.34. The van der Waals surface area contributed by atoms with Crippen LogP contribution in [-0.4, -0.2) is 14.5 Å². The maximum Gasteiger partial charge on any atom is 0.143 e. The van der Waals surface area contributed by atoms with Crippen molar-refractivity contribution in [1.29, 1.82) is 0 Å². The van der Waals surface area contributed by atoms with E-state index in [-0.39, 0.29) is 0 Å². The van der Waals surface area contributed by atoms with Gasteiger partial charge in [-0.15, -0.1) is 0 Å². The third kappa shape index (κ3) is 3.64. The molecule has 3 heterocycles. The number of benzene rings is 4. The van der Waals surface area contributed by atoms with E-state index in [1.165, 1.54) is 0 Å². The lowest BCUT2D eigenvalue weighted by Gasteiger charge is -2.27. The molecule has 0 saturated heterocycles. The molecule has 0 spiro atoms. The number of hydrogen-bond donors (Lipinski definition) is 0. The van der Waals surface area contributed by atoms with Crippen LogP contribution >= 0.6 is 0 Å². The second-order valence-electron chi connectivity index (χ2n) is 9.18. The number of fused-ring (bicyclic) bond motifs is 3. The van der Waals surface area contributed by atoms with Crippen LogP contribution in [0.3, 0.4) is 0 Å². The predicted molar refractivity (Wildman–Crippen MR) is 148 cm³/mol. The molecular weight excluding hydrogens is 456 g/mol. The van der Waals surface area contributed by atoms with Gasteiger partial charge < -0.3 is 14.2 Å². The van der Waals surface area contributed by atoms with Gasteiger partial charge in [0, 0.05) is 35.6 Å². The summed E-state index contributed by atoms with van der Waals surface area (Å²) in [5, 5.41) is 0. The zero-order chi connectivity index (χ0) is 24.8. The minimum atomic E-state index is 0.505. The number of rotatable bonds is 3. The molecule has 2 aromatic heterocycles. The van der Waals surface area contributed by atoms with E-state index >= 15 is 0 Å². The molecule has 0 amide bonds. The molecule has 7 rings (SSSR count). The average Bonchev–Trinajstić information content (AvgIpc) is 3.20. The topological polar surface area (TPSA) is 43.2 Å². The SMILES string of the molecule is Cn1c(-c2ccc3c(c2)N(c2cccc(-c4ccccn4)c2)c2ccccc2CO3)nc2ccccc21. The Morgan fingerprint density at radius 2 is 1.59 bits per heavy atom. The number of aromatic nitrogens is 3. The van der Waals surface area contributed by atoms with Gasteiger partial charge in [-0.1, -0.05) is 48.5 Å². The van der Waals surface area contributed by atoms with Gasteiger partial charge >= 0.3 is 0 Å². The van der Waals surface area contributed by atoms with Crippen LogP contribution < -0.4 is 9.64 Å². The van der Waals surface area contributed by atoms with E-state index in [2.05, 4.69) is 100 Å². The standard InChI is InChI=1S/C32H24N4O/c1-35-29-15-5-3-13-27(29)34-32(35)23-16-17-31-30(20-23)36(28-14-4-2-9-24(28)21-37-31)25-11-8-10-22(19-25)26-12-6-7-18-33-26/h2-20H,21H2,1H3. The lowest BCUT2D eigenvalue weighted by Crippen LogP contribution is -2.11. The van der Waals surface area contributed by atoms with Crippen LogP contribution in [0, 0.1) is 0 Å². The first-order chi connectivity index (χ1) is 18.3.